The molecule has 1 rings (SSSR count). The average molecular weight is 156 g/mol. The molecule has 1 unspecified atom stereocenters. The van der Waals surface area contributed by atoms with Crippen LogP contribution < -0.4 is 0 Å². The van der Waals surface area contributed by atoms with Gasteiger partial charge in [-0.2, -0.15) is 0 Å². The fourth-order valence-corrected chi connectivity index (χ4v) is 3.28. The molecule has 0 heterocycles. The third kappa shape index (κ3) is 1.44. The highest BCUT2D eigenvalue weighted by atomic mass is 28.1. The molecule has 0 amide bonds. The van der Waals surface area contributed by atoms with Gasteiger partial charge < -0.3 is 0 Å². The lowest BCUT2D eigenvalue weighted by Gasteiger charge is -2.30. The maximum atomic E-state index is 2.44. The summed E-state index contributed by atoms with van der Waals surface area (Å²) in [7, 11) is 1.43. The van der Waals surface area contributed by atoms with Crippen molar-refractivity contribution in [3.05, 3.63) is 0 Å². The van der Waals surface area contributed by atoms with E-state index < -0.39 is 0 Å². The van der Waals surface area contributed by atoms with Crippen LogP contribution in [0.25, 0.3) is 0 Å². The van der Waals surface area contributed by atoms with Gasteiger partial charge in [0.2, 0.25) is 0 Å². The summed E-state index contributed by atoms with van der Waals surface area (Å²) >= 11 is 0. The molecule has 1 saturated carbocycles. The van der Waals surface area contributed by atoms with Crippen molar-refractivity contribution < 1.29 is 0 Å². The summed E-state index contributed by atoms with van der Waals surface area (Å²) in [5, 5.41) is 0.842. The van der Waals surface area contributed by atoms with E-state index >= 15 is 0 Å². The summed E-state index contributed by atoms with van der Waals surface area (Å²) in [6.07, 6.45) is 7.48. The van der Waals surface area contributed by atoms with Gasteiger partial charge in [-0.05, 0) is 11.0 Å². The van der Waals surface area contributed by atoms with Crippen molar-refractivity contribution in [1.82, 2.24) is 0 Å². The smallest absolute Gasteiger partial charge is 0.0110 e. The molecule has 0 nitrogen and oxygen atoms in total. The zero-order valence-electron chi connectivity index (χ0n) is 7.61. The Morgan fingerprint density at radius 2 is 1.90 bits per heavy atom. The Bertz CT molecular complexity index is 103. The van der Waals surface area contributed by atoms with Crippen LogP contribution in [-0.2, 0) is 0 Å². The van der Waals surface area contributed by atoms with Gasteiger partial charge in [0.1, 0.15) is 0 Å². The summed E-state index contributed by atoms with van der Waals surface area (Å²) in [5.41, 5.74) is 0. The Balaban J connectivity index is 2.49. The summed E-state index contributed by atoms with van der Waals surface area (Å²) < 4.78 is 0. The van der Waals surface area contributed by atoms with Gasteiger partial charge in [-0.1, -0.05) is 46.0 Å². The first kappa shape index (κ1) is 8.31. The summed E-state index contributed by atoms with van der Waals surface area (Å²) in [6.45, 7) is 4.78. The first-order valence-electron chi connectivity index (χ1n) is 4.69. The van der Waals surface area contributed by atoms with Gasteiger partial charge in [0, 0.05) is 10.2 Å². The summed E-state index contributed by atoms with van der Waals surface area (Å²) in [4.78, 5) is 0. The lowest BCUT2D eigenvalue weighted by atomic mass is 9.89. The van der Waals surface area contributed by atoms with Crippen molar-refractivity contribution >= 4 is 10.2 Å². The fourth-order valence-electron chi connectivity index (χ4n) is 2.17. The molecule has 1 aliphatic rings. The molecule has 10 heavy (non-hydrogen) atoms. The van der Waals surface area contributed by atoms with Crippen LogP contribution in [0.3, 0.4) is 0 Å². The Morgan fingerprint density at radius 3 is 2.30 bits per heavy atom. The topological polar surface area (TPSA) is 0 Å². The van der Waals surface area contributed by atoms with Crippen LogP contribution >= 0.6 is 0 Å². The quantitative estimate of drug-likeness (QED) is 0.537. The van der Waals surface area contributed by atoms with E-state index in [0.29, 0.717) is 0 Å². The highest BCUT2D eigenvalue weighted by Crippen LogP contribution is 2.48. The van der Waals surface area contributed by atoms with Gasteiger partial charge in [0.15, 0.2) is 0 Å². The van der Waals surface area contributed by atoms with Gasteiger partial charge in [-0.25, -0.2) is 0 Å². The average Bonchev–Trinajstić information content (AvgIpc) is 2.36. The largest absolute Gasteiger partial charge is 0.0651 e. The summed E-state index contributed by atoms with van der Waals surface area (Å²) in [5.74, 6) is 1.00. The van der Waals surface area contributed by atoms with Crippen LogP contribution in [0.15, 0.2) is 0 Å². The van der Waals surface area contributed by atoms with Gasteiger partial charge in [-0.15, -0.1) is 0 Å². The fraction of sp³-hybridized carbons (Fsp3) is 1.00. The van der Waals surface area contributed by atoms with Crippen LogP contribution in [0.1, 0.15) is 46.0 Å². The van der Waals surface area contributed by atoms with Crippen molar-refractivity contribution in [3.8, 4) is 0 Å². The van der Waals surface area contributed by atoms with E-state index in [0.717, 1.165) is 11.0 Å². The molecule has 0 aromatic carbocycles. The molecular formula is C9H20Si. The second-order valence-corrected chi connectivity index (χ2v) is 6.16. The first-order chi connectivity index (χ1) is 4.69. The predicted molar refractivity (Wildman–Crippen MR) is 50.6 cm³/mol. The molecule has 0 radical (unpaired) electrons. The van der Waals surface area contributed by atoms with Crippen molar-refractivity contribution in [2.75, 3.05) is 0 Å². The molecule has 0 aliphatic heterocycles. The van der Waals surface area contributed by atoms with Crippen LogP contribution in [0.2, 0.25) is 5.04 Å². The van der Waals surface area contributed by atoms with E-state index in [-0.39, 0.29) is 0 Å². The predicted octanol–water partition coefficient (Wildman–Crippen LogP) is 2.13. The van der Waals surface area contributed by atoms with E-state index in [4.69, 9.17) is 0 Å². The van der Waals surface area contributed by atoms with Gasteiger partial charge >= 0.3 is 0 Å². The minimum atomic E-state index is 0.842. The number of hydrogen-bond acceptors (Lipinski definition) is 0. The van der Waals surface area contributed by atoms with Crippen LogP contribution in [-0.4, -0.2) is 10.2 Å². The lowest BCUT2D eigenvalue weighted by molar-refractivity contribution is 0.379. The molecule has 0 bridgehead atoms. The molecule has 0 saturated heterocycles. The molecule has 1 fully saturated rings. The molecule has 1 aliphatic carbocycles. The molecule has 1 heteroatoms. The van der Waals surface area contributed by atoms with Gasteiger partial charge in [-0.3, -0.25) is 0 Å². The minimum Gasteiger partial charge on any atom is -0.0651 e. The van der Waals surface area contributed by atoms with Crippen molar-refractivity contribution in [2.45, 2.75) is 51.0 Å². The van der Waals surface area contributed by atoms with Crippen molar-refractivity contribution in [3.63, 3.8) is 0 Å². The van der Waals surface area contributed by atoms with Gasteiger partial charge in [0.25, 0.3) is 0 Å². The van der Waals surface area contributed by atoms with Crippen LogP contribution in [0.4, 0.5) is 0 Å². The standard InChI is InChI=1S/C9H20Si/c1-3-8(2)9(10)6-4-5-7-9/h8H,3-7H2,1-2,10H3. The van der Waals surface area contributed by atoms with E-state index in [2.05, 4.69) is 13.8 Å². The van der Waals surface area contributed by atoms with Crippen LogP contribution in [0.5, 0.6) is 0 Å². The van der Waals surface area contributed by atoms with Crippen LogP contribution in [0, 0.1) is 5.92 Å². The Kier molecular flexibility index (Phi) is 2.56. The zero-order valence-corrected chi connectivity index (χ0v) is 9.61. The molecule has 0 N–H and O–H groups in total. The molecule has 60 valence electrons. The minimum absolute atomic E-state index is 0.842. The number of rotatable bonds is 2. The number of hydrogen-bond donors (Lipinski definition) is 0. The Labute approximate surface area is 67.8 Å². The third-order valence-electron chi connectivity index (χ3n) is 3.55. The monoisotopic (exact) mass is 156 g/mol. The SMILES string of the molecule is CCC(C)C1([SiH3])CCCC1. The Hall–Kier alpha value is 0.217. The molecule has 1 atom stereocenters. The third-order valence-corrected chi connectivity index (χ3v) is 5.53. The Morgan fingerprint density at radius 1 is 1.40 bits per heavy atom. The zero-order chi connectivity index (χ0) is 7.61. The molecule has 0 aromatic rings. The van der Waals surface area contributed by atoms with E-state index in [1.54, 1.807) is 0 Å². The summed E-state index contributed by atoms with van der Waals surface area (Å²) in [6, 6.07) is 0. The maximum absolute atomic E-state index is 2.44. The molecule has 0 aromatic heterocycles. The van der Waals surface area contributed by atoms with E-state index in [1.807, 2.05) is 0 Å². The van der Waals surface area contributed by atoms with E-state index in [1.165, 1.54) is 42.3 Å². The molecule has 0 spiro atoms. The lowest BCUT2D eigenvalue weighted by Crippen LogP contribution is -2.17. The first-order valence-corrected chi connectivity index (χ1v) is 5.69. The van der Waals surface area contributed by atoms with Crippen molar-refractivity contribution in [2.24, 2.45) is 5.92 Å². The highest BCUT2D eigenvalue weighted by Gasteiger charge is 2.32. The van der Waals surface area contributed by atoms with Gasteiger partial charge in [0.05, 0.1) is 0 Å². The molecular weight excluding hydrogens is 136 g/mol. The highest BCUT2D eigenvalue weighted by molar-refractivity contribution is 6.15. The van der Waals surface area contributed by atoms with E-state index in [9.17, 15) is 0 Å². The van der Waals surface area contributed by atoms with Crippen molar-refractivity contribution in [1.29, 1.82) is 0 Å². The maximum Gasteiger partial charge on any atom is 0.0110 e. The second-order valence-electron chi connectivity index (χ2n) is 4.17. The normalized spacial score (nSPS) is 27.0. The second kappa shape index (κ2) is 3.08.